The second-order valence-corrected chi connectivity index (χ2v) is 9.08. The van der Waals surface area contributed by atoms with Crippen LogP contribution in [-0.4, -0.2) is 22.6 Å². The molecule has 0 saturated carbocycles. The third-order valence-corrected chi connectivity index (χ3v) is 6.37. The predicted octanol–water partition coefficient (Wildman–Crippen LogP) is 6.86. The van der Waals surface area contributed by atoms with Gasteiger partial charge in [-0.2, -0.15) is 0 Å². The van der Waals surface area contributed by atoms with Gasteiger partial charge in [0, 0.05) is 0 Å². The number of carbonyl (C=O) groups excluding carboxylic acids is 1. The molecule has 4 heteroatoms. The van der Waals surface area contributed by atoms with Crippen molar-refractivity contribution >= 4 is 11.9 Å². The summed E-state index contributed by atoms with van der Waals surface area (Å²) in [6.07, 6.45) is 9.05. The van der Waals surface area contributed by atoms with Crippen LogP contribution in [0.1, 0.15) is 113 Å². The molecule has 0 aliphatic carbocycles. The van der Waals surface area contributed by atoms with Crippen LogP contribution in [0.3, 0.4) is 0 Å². The Bertz CT molecular complexity index is 434. The Balaban J connectivity index is 5.54. The number of unbranched alkanes of at least 4 members (excludes halogenated alkanes) is 4. The zero-order chi connectivity index (χ0) is 21.7. The van der Waals surface area contributed by atoms with E-state index in [0.717, 1.165) is 32.1 Å². The van der Waals surface area contributed by atoms with Gasteiger partial charge in [0.2, 0.25) is 0 Å². The van der Waals surface area contributed by atoms with Gasteiger partial charge >= 0.3 is 11.9 Å². The molecule has 0 amide bonds. The lowest BCUT2D eigenvalue weighted by Gasteiger charge is -2.44. The highest BCUT2D eigenvalue weighted by Crippen LogP contribution is 2.40. The molecule has 3 unspecified atom stereocenters. The summed E-state index contributed by atoms with van der Waals surface area (Å²) in [5, 5.41) is 9.27. The minimum Gasteiger partial charge on any atom is -0.481 e. The van der Waals surface area contributed by atoms with Crippen LogP contribution in [0.4, 0.5) is 0 Å². The summed E-state index contributed by atoms with van der Waals surface area (Å²) in [5.41, 5.74) is -0.499. The van der Waals surface area contributed by atoms with Gasteiger partial charge in [-0.05, 0) is 49.9 Å². The van der Waals surface area contributed by atoms with Gasteiger partial charge in [0.1, 0.15) is 5.60 Å². The summed E-state index contributed by atoms with van der Waals surface area (Å²) < 4.78 is 6.31. The van der Waals surface area contributed by atoms with E-state index in [1.54, 1.807) is 0 Å². The van der Waals surface area contributed by atoms with Crippen LogP contribution in [0, 0.1) is 23.7 Å². The third-order valence-electron chi connectivity index (χ3n) is 6.37. The second kappa shape index (κ2) is 14.0. The van der Waals surface area contributed by atoms with Gasteiger partial charge in [0.15, 0.2) is 0 Å². The lowest BCUT2D eigenvalue weighted by molar-refractivity contribution is -0.183. The lowest BCUT2D eigenvalue weighted by atomic mass is 9.72. The molecule has 0 aliphatic heterocycles. The number of carboxylic acids is 1. The van der Waals surface area contributed by atoms with Crippen molar-refractivity contribution in [1.29, 1.82) is 0 Å². The van der Waals surface area contributed by atoms with E-state index in [9.17, 15) is 14.7 Å². The van der Waals surface area contributed by atoms with E-state index < -0.39 is 17.5 Å². The Morgan fingerprint density at radius 2 is 1.43 bits per heavy atom. The highest BCUT2D eigenvalue weighted by Gasteiger charge is 2.44. The zero-order valence-electron chi connectivity index (χ0n) is 19.6. The first kappa shape index (κ1) is 26.9. The standard InChI is InChI=1S/C24H46O4/c1-8-11-12-13-14-15-24(19(6)9-2,20(7)10-3)28-23(27)21(16-18(4)5)17-22(25)26/h18-21H,8-17H2,1-7H3,(H,25,26). The van der Waals surface area contributed by atoms with Crippen molar-refractivity contribution in [1.82, 2.24) is 0 Å². The number of esters is 1. The van der Waals surface area contributed by atoms with Crippen molar-refractivity contribution < 1.29 is 19.4 Å². The molecule has 0 aromatic rings. The molecule has 0 aromatic carbocycles. The molecule has 166 valence electrons. The summed E-state index contributed by atoms with van der Waals surface area (Å²) >= 11 is 0. The molecule has 4 nitrogen and oxygen atoms in total. The first-order chi connectivity index (χ1) is 13.1. The Morgan fingerprint density at radius 3 is 1.86 bits per heavy atom. The van der Waals surface area contributed by atoms with Crippen molar-refractivity contribution in [3.8, 4) is 0 Å². The second-order valence-electron chi connectivity index (χ2n) is 9.08. The van der Waals surface area contributed by atoms with Crippen LogP contribution in [0.15, 0.2) is 0 Å². The SMILES string of the molecule is CCCCCCCC(OC(=O)C(CC(=O)O)CC(C)C)(C(C)CC)C(C)CC. The van der Waals surface area contributed by atoms with E-state index in [1.807, 2.05) is 13.8 Å². The average Bonchev–Trinajstić information content (AvgIpc) is 2.64. The summed E-state index contributed by atoms with van der Waals surface area (Å²) in [6.45, 7) is 14.9. The minimum atomic E-state index is -0.931. The number of carboxylic acid groups (broad SMARTS) is 1. The van der Waals surface area contributed by atoms with Crippen molar-refractivity contribution in [2.75, 3.05) is 0 Å². The molecule has 0 saturated heterocycles. The van der Waals surface area contributed by atoms with E-state index in [2.05, 4.69) is 34.6 Å². The number of rotatable bonds is 16. The number of carbonyl (C=O) groups is 2. The van der Waals surface area contributed by atoms with E-state index in [-0.39, 0.29) is 30.1 Å². The average molecular weight is 399 g/mol. The monoisotopic (exact) mass is 398 g/mol. The van der Waals surface area contributed by atoms with Gasteiger partial charge in [-0.1, -0.05) is 74.1 Å². The molecule has 0 heterocycles. The molecule has 0 radical (unpaired) electrons. The summed E-state index contributed by atoms with van der Waals surface area (Å²) in [7, 11) is 0. The highest BCUT2D eigenvalue weighted by atomic mass is 16.6. The summed E-state index contributed by atoms with van der Waals surface area (Å²) in [5.74, 6) is -1.05. The predicted molar refractivity (Wildman–Crippen MR) is 116 cm³/mol. The molecule has 0 rings (SSSR count). The highest BCUT2D eigenvalue weighted by molar-refractivity contribution is 5.79. The summed E-state index contributed by atoms with van der Waals surface area (Å²) in [6, 6.07) is 0. The maximum absolute atomic E-state index is 13.1. The number of hydrogen-bond acceptors (Lipinski definition) is 3. The van der Waals surface area contributed by atoms with Crippen molar-refractivity contribution in [3.05, 3.63) is 0 Å². The zero-order valence-corrected chi connectivity index (χ0v) is 19.6. The minimum absolute atomic E-state index is 0.148. The van der Waals surface area contributed by atoms with E-state index in [1.165, 1.54) is 19.3 Å². The third kappa shape index (κ3) is 8.96. The van der Waals surface area contributed by atoms with Gasteiger partial charge in [-0.15, -0.1) is 0 Å². The largest absolute Gasteiger partial charge is 0.481 e. The Kier molecular flexibility index (Phi) is 13.5. The normalized spacial score (nSPS) is 17.0. The van der Waals surface area contributed by atoms with Crippen LogP contribution in [-0.2, 0) is 14.3 Å². The number of aliphatic carboxylic acids is 1. The van der Waals surface area contributed by atoms with Crippen LogP contribution < -0.4 is 0 Å². The maximum atomic E-state index is 13.1. The Hall–Kier alpha value is -1.06. The molecule has 0 aromatic heterocycles. The lowest BCUT2D eigenvalue weighted by Crippen LogP contribution is -2.48. The van der Waals surface area contributed by atoms with Gasteiger partial charge in [0.05, 0.1) is 12.3 Å². The Labute approximate surface area is 173 Å². The van der Waals surface area contributed by atoms with Crippen molar-refractivity contribution in [3.63, 3.8) is 0 Å². The summed E-state index contributed by atoms with van der Waals surface area (Å²) in [4.78, 5) is 24.4. The number of ether oxygens (including phenoxy) is 1. The fraction of sp³-hybridized carbons (Fsp3) is 0.917. The molecule has 28 heavy (non-hydrogen) atoms. The van der Waals surface area contributed by atoms with Crippen LogP contribution >= 0.6 is 0 Å². The smallest absolute Gasteiger partial charge is 0.310 e. The molecule has 0 spiro atoms. The van der Waals surface area contributed by atoms with E-state index in [4.69, 9.17) is 4.74 Å². The molecule has 0 fully saturated rings. The van der Waals surface area contributed by atoms with Crippen LogP contribution in [0.5, 0.6) is 0 Å². The fourth-order valence-electron chi connectivity index (χ4n) is 4.24. The maximum Gasteiger partial charge on any atom is 0.310 e. The molecule has 3 atom stereocenters. The van der Waals surface area contributed by atoms with E-state index in [0.29, 0.717) is 6.42 Å². The molecule has 0 aliphatic rings. The Morgan fingerprint density at radius 1 is 0.893 bits per heavy atom. The van der Waals surface area contributed by atoms with Gasteiger partial charge < -0.3 is 9.84 Å². The van der Waals surface area contributed by atoms with Crippen LogP contribution in [0.2, 0.25) is 0 Å². The first-order valence-electron chi connectivity index (χ1n) is 11.6. The number of hydrogen-bond donors (Lipinski definition) is 1. The quantitative estimate of drug-likeness (QED) is 0.228. The van der Waals surface area contributed by atoms with Crippen molar-refractivity contribution in [2.45, 2.75) is 118 Å². The molecular formula is C24H46O4. The molecular weight excluding hydrogens is 352 g/mol. The van der Waals surface area contributed by atoms with E-state index >= 15 is 0 Å². The van der Waals surface area contributed by atoms with Gasteiger partial charge in [0.25, 0.3) is 0 Å². The van der Waals surface area contributed by atoms with Gasteiger partial charge in [-0.25, -0.2) is 0 Å². The topological polar surface area (TPSA) is 63.6 Å². The molecule has 0 bridgehead atoms. The van der Waals surface area contributed by atoms with Crippen molar-refractivity contribution in [2.24, 2.45) is 23.7 Å². The van der Waals surface area contributed by atoms with Crippen LogP contribution in [0.25, 0.3) is 0 Å². The fourth-order valence-corrected chi connectivity index (χ4v) is 4.24. The van der Waals surface area contributed by atoms with Gasteiger partial charge in [-0.3, -0.25) is 9.59 Å². The first-order valence-corrected chi connectivity index (χ1v) is 11.6. The molecule has 1 N–H and O–H groups in total.